The van der Waals surface area contributed by atoms with Crippen LogP contribution in [0.15, 0.2) is 23.1 Å². The third-order valence-electron chi connectivity index (χ3n) is 2.06. The van der Waals surface area contributed by atoms with Crippen molar-refractivity contribution >= 4 is 15.5 Å². The van der Waals surface area contributed by atoms with Gasteiger partial charge in [0.25, 0.3) is 0 Å². The van der Waals surface area contributed by atoms with Crippen LogP contribution in [-0.4, -0.2) is 27.8 Å². The van der Waals surface area contributed by atoms with Crippen LogP contribution in [0, 0.1) is 5.82 Å². The molecule has 1 aromatic rings. The van der Waals surface area contributed by atoms with Crippen molar-refractivity contribution in [3.05, 3.63) is 24.0 Å². The van der Waals surface area contributed by atoms with Crippen LogP contribution in [0.25, 0.3) is 0 Å². The van der Waals surface area contributed by atoms with E-state index in [0.717, 1.165) is 12.3 Å². The molecule has 3 N–H and O–H groups in total. The lowest BCUT2D eigenvalue weighted by atomic mass is 10.3. The van der Waals surface area contributed by atoms with Crippen molar-refractivity contribution in [2.24, 2.45) is 5.73 Å². The number of sulfone groups is 1. The third-order valence-corrected chi connectivity index (χ3v) is 3.17. The van der Waals surface area contributed by atoms with Gasteiger partial charge in [-0.3, -0.25) is 0 Å². The normalized spacial score (nSPS) is 11.4. The lowest BCUT2D eigenvalue weighted by molar-refractivity contribution is 0.600. The van der Waals surface area contributed by atoms with Gasteiger partial charge in [-0.05, 0) is 31.2 Å². The van der Waals surface area contributed by atoms with Gasteiger partial charge in [-0.2, -0.15) is 0 Å². The van der Waals surface area contributed by atoms with Gasteiger partial charge in [0.2, 0.25) is 0 Å². The molecule has 0 aliphatic rings. The van der Waals surface area contributed by atoms with Crippen LogP contribution in [0.2, 0.25) is 0 Å². The Bertz CT molecular complexity index is 460. The highest BCUT2D eigenvalue weighted by atomic mass is 32.2. The maximum absolute atomic E-state index is 13.3. The number of hydrogen-bond donors (Lipinski definition) is 2. The summed E-state index contributed by atoms with van der Waals surface area (Å²) in [6.07, 6.45) is 1.78. The third kappa shape index (κ3) is 3.46. The van der Waals surface area contributed by atoms with Gasteiger partial charge in [-0.15, -0.1) is 0 Å². The Kier molecular flexibility index (Phi) is 4.26. The molecule has 0 saturated carbocycles. The summed E-state index contributed by atoms with van der Waals surface area (Å²) in [5.74, 6) is -0.468. The van der Waals surface area contributed by atoms with E-state index < -0.39 is 15.7 Å². The maximum Gasteiger partial charge on any atom is 0.175 e. The lowest BCUT2D eigenvalue weighted by Crippen LogP contribution is -2.10. The summed E-state index contributed by atoms with van der Waals surface area (Å²) in [6.45, 7) is 1.01. The standard InChI is InChI=1S/C10H15FN2O2S/c1-16(14,15)8-3-4-9(11)10(7-8)13-6-2-5-12/h3-4,7,13H,2,5-6,12H2,1H3. The minimum Gasteiger partial charge on any atom is -0.383 e. The summed E-state index contributed by atoms with van der Waals surface area (Å²) < 4.78 is 35.8. The van der Waals surface area contributed by atoms with E-state index in [4.69, 9.17) is 5.73 Å². The minimum absolute atomic E-state index is 0.101. The van der Waals surface area contributed by atoms with E-state index in [2.05, 4.69) is 5.32 Å². The van der Waals surface area contributed by atoms with Gasteiger partial charge in [0, 0.05) is 12.8 Å². The average Bonchev–Trinajstić information content (AvgIpc) is 2.19. The second-order valence-corrected chi connectivity index (χ2v) is 5.50. The fourth-order valence-electron chi connectivity index (χ4n) is 1.20. The average molecular weight is 246 g/mol. The molecule has 6 heteroatoms. The molecule has 1 aromatic carbocycles. The highest BCUT2D eigenvalue weighted by Crippen LogP contribution is 2.19. The first kappa shape index (κ1) is 12.9. The van der Waals surface area contributed by atoms with Crippen LogP contribution in [-0.2, 0) is 9.84 Å². The molecule has 0 amide bonds. The fourth-order valence-corrected chi connectivity index (χ4v) is 1.84. The van der Waals surface area contributed by atoms with E-state index in [1.54, 1.807) is 0 Å². The van der Waals surface area contributed by atoms with Crippen LogP contribution in [0.1, 0.15) is 6.42 Å². The highest BCUT2D eigenvalue weighted by Gasteiger charge is 2.10. The second-order valence-electron chi connectivity index (χ2n) is 3.48. The Morgan fingerprint density at radius 2 is 2.12 bits per heavy atom. The van der Waals surface area contributed by atoms with Gasteiger partial charge in [-0.25, -0.2) is 12.8 Å². The van der Waals surface area contributed by atoms with Crippen molar-refractivity contribution in [3.63, 3.8) is 0 Å². The Morgan fingerprint density at radius 3 is 2.69 bits per heavy atom. The molecule has 4 nitrogen and oxygen atoms in total. The van der Waals surface area contributed by atoms with Crippen molar-refractivity contribution in [2.75, 3.05) is 24.7 Å². The Balaban J connectivity index is 2.91. The molecular weight excluding hydrogens is 231 g/mol. The van der Waals surface area contributed by atoms with Crippen LogP contribution >= 0.6 is 0 Å². The molecule has 0 fully saturated rings. The number of nitrogens with one attached hydrogen (secondary N) is 1. The Labute approximate surface area is 94.6 Å². The highest BCUT2D eigenvalue weighted by molar-refractivity contribution is 7.90. The minimum atomic E-state index is -3.30. The zero-order valence-electron chi connectivity index (χ0n) is 9.03. The van der Waals surface area contributed by atoms with Crippen LogP contribution < -0.4 is 11.1 Å². The van der Waals surface area contributed by atoms with Gasteiger partial charge in [-0.1, -0.05) is 0 Å². The number of anilines is 1. The first-order valence-corrected chi connectivity index (χ1v) is 6.78. The van der Waals surface area contributed by atoms with Crippen LogP contribution in [0.3, 0.4) is 0 Å². The summed E-state index contributed by atoms with van der Waals surface area (Å²) in [7, 11) is -3.30. The smallest absolute Gasteiger partial charge is 0.175 e. The Hall–Kier alpha value is -1.14. The van der Waals surface area contributed by atoms with E-state index >= 15 is 0 Å². The van der Waals surface area contributed by atoms with Gasteiger partial charge in [0.1, 0.15) is 5.82 Å². The SMILES string of the molecule is CS(=O)(=O)c1ccc(F)c(NCCCN)c1. The van der Waals surface area contributed by atoms with E-state index in [-0.39, 0.29) is 10.6 Å². The molecule has 0 bridgehead atoms. The molecule has 0 unspecified atom stereocenters. The zero-order valence-corrected chi connectivity index (χ0v) is 9.85. The van der Waals surface area contributed by atoms with Crippen molar-refractivity contribution in [2.45, 2.75) is 11.3 Å². The topological polar surface area (TPSA) is 72.2 Å². The maximum atomic E-state index is 13.3. The van der Waals surface area contributed by atoms with E-state index in [1.165, 1.54) is 12.1 Å². The number of halogens is 1. The van der Waals surface area contributed by atoms with Crippen molar-refractivity contribution in [3.8, 4) is 0 Å². The predicted octanol–water partition coefficient (Wildman–Crippen LogP) is 0.990. The number of nitrogens with two attached hydrogens (primary N) is 1. The number of hydrogen-bond acceptors (Lipinski definition) is 4. The summed E-state index contributed by atoms with van der Waals surface area (Å²) in [4.78, 5) is 0.101. The van der Waals surface area contributed by atoms with Gasteiger partial charge in [0.15, 0.2) is 9.84 Å². The molecule has 0 atom stereocenters. The summed E-state index contributed by atoms with van der Waals surface area (Å²) in [5, 5.41) is 2.81. The van der Waals surface area contributed by atoms with E-state index in [9.17, 15) is 12.8 Å². The molecule has 0 aromatic heterocycles. The Morgan fingerprint density at radius 1 is 1.44 bits per heavy atom. The molecule has 0 spiro atoms. The van der Waals surface area contributed by atoms with Crippen molar-refractivity contribution < 1.29 is 12.8 Å². The van der Waals surface area contributed by atoms with Gasteiger partial charge in [0.05, 0.1) is 10.6 Å². The lowest BCUT2D eigenvalue weighted by Gasteiger charge is -2.08. The molecule has 0 aliphatic carbocycles. The molecule has 16 heavy (non-hydrogen) atoms. The quantitative estimate of drug-likeness (QED) is 0.600. The molecular formula is C10H15FN2O2S. The predicted molar refractivity (Wildman–Crippen MR) is 61.7 cm³/mol. The molecule has 0 saturated heterocycles. The van der Waals surface area contributed by atoms with Crippen molar-refractivity contribution in [1.82, 2.24) is 0 Å². The van der Waals surface area contributed by atoms with Gasteiger partial charge < -0.3 is 11.1 Å². The van der Waals surface area contributed by atoms with Crippen LogP contribution in [0.4, 0.5) is 10.1 Å². The van der Waals surface area contributed by atoms with Crippen molar-refractivity contribution in [1.29, 1.82) is 0 Å². The summed E-state index contributed by atoms with van der Waals surface area (Å²) in [5.41, 5.74) is 5.49. The molecule has 0 heterocycles. The molecule has 1 rings (SSSR count). The number of benzene rings is 1. The molecule has 0 aliphatic heterocycles. The summed E-state index contributed by atoms with van der Waals surface area (Å²) in [6, 6.07) is 3.68. The van der Waals surface area contributed by atoms with E-state index in [1.807, 2.05) is 0 Å². The first-order chi connectivity index (χ1) is 7.45. The van der Waals surface area contributed by atoms with E-state index in [0.29, 0.717) is 19.5 Å². The molecule has 0 radical (unpaired) electrons. The zero-order chi connectivity index (χ0) is 12.2. The second kappa shape index (κ2) is 5.27. The van der Waals surface area contributed by atoms with Crippen LogP contribution in [0.5, 0.6) is 0 Å². The first-order valence-electron chi connectivity index (χ1n) is 4.88. The monoisotopic (exact) mass is 246 g/mol. The fraction of sp³-hybridized carbons (Fsp3) is 0.400. The van der Waals surface area contributed by atoms with Gasteiger partial charge >= 0.3 is 0 Å². The number of rotatable bonds is 5. The molecule has 90 valence electrons. The largest absolute Gasteiger partial charge is 0.383 e. The summed E-state index contributed by atoms with van der Waals surface area (Å²) >= 11 is 0.